The average Bonchev–Trinajstić information content (AvgIpc) is 2.35. The summed E-state index contributed by atoms with van der Waals surface area (Å²) >= 11 is 0. The second-order valence-corrected chi connectivity index (χ2v) is 7.24. The van der Waals surface area contributed by atoms with Crippen molar-refractivity contribution in [2.45, 2.75) is 63.4 Å². The van der Waals surface area contributed by atoms with E-state index in [0.29, 0.717) is 23.0 Å². The van der Waals surface area contributed by atoms with Gasteiger partial charge < -0.3 is 5.73 Å². The van der Waals surface area contributed by atoms with Gasteiger partial charge in [0.2, 0.25) is 0 Å². The molecule has 96 valence electrons. The lowest BCUT2D eigenvalue weighted by Gasteiger charge is -2.36. The molecular formula is C13H27NOS. The van der Waals surface area contributed by atoms with Gasteiger partial charge in [0.25, 0.3) is 0 Å². The Labute approximate surface area is 103 Å². The van der Waals surface area contributed by atoms with Crippen LogP contribution < -0.4 is 5.73 Å². The highest BCUT2D eigenvalue weighted by Gasteiger charge is 2.34. The summed E-state index contributed by atoms with van der Waals surface area (Å²) in [6.07, 6.45) is 5.84. The van der Waals surface area contributed by atoms with E-state index >= 15 is 0 Å². The van der Waals surface area contributed by atoms with Crippen LogP contribution in [-0.4, -0.2) is 21.3 Å². The Morgan fingerprint density at radius 3 is 2.56 bits per heavy atom. The lowest BCUT2D eigenvalue weighted by molar-refractivity contribution is 0.279. The van der Waals surface area contributed by atoms with E-state index in [1.807, 2.05) is 0 Å². The van der Waals surface area contributed by atoms with E-state index in [1.165, 1.54) is 19.3 Å². The number of rotatable bonds is 5. The number of hydrogen-bond acceptors (Lipinski definition) is 2. The third-order valence-electron chi connectivity index (χ3n) is 4.19. The van der Waals surface area contributed by atoms with Gasteiger partial charge in [0.05, 0.1) is 0 Å². The van der Waals surface area contributed by atoms with Gasteiger partial charge in [-0.25, -0.2) is 0 Å². The van der Waals surface area contributed by atoms with E-state index in [2.05, 4.69) is 20.8 Å². The highest BCUT2D eigenvalue weighted by molar-refractivity contribution is 7.86. The second kappa shape index (κ2) is 6.75. The Hall–Kier alpha value is 0.110. The summed E-state index contributed by atoms with van der Waals surface area (Å²) in [6.45, 7) is 7.19. The second-order valence-electron chi connectivity index (χ2n) is 5.17. The third kappa shape index (κ3) is 3.30. The Bertz CT molecular complexity index is 232. The first-order valence-electron chi connectivity index (χ1n) is 6.73. The fourth-order valence-corrected chi connectivity index (χ4v) is 4.68. The predicted molar refractivity (Wildman–Crippen MR) is 71.9 cm³/mol. The summed E-state index contributed by atoms with van der Waals surface area (Å²) in [4.78, 5) is 0. The van der Waals surface area contributed by atoms with Gasteiger partial charge in [0.1, 0.15) is 0 Å². The van der Waals surface area contributed by atoms with Gasteiger partial charge in [0.15, 0.2) is 0 Å². The maximum Gasteiger partial charge on any atom is 0.0393 e. The topological polar surface area (TPSA) is 43.1 Å². The molecule has 1 aliphatic carbocycles. The molecule has 0 heterocycles. The molecule has 0 saturated heterocycles. The fraction of sp³-hybridized carbons (Fsp3) is 1.00. The van der Waals surface area contributed by atoms with Crippen molar-refractivity contribution in [1.29, 1.82) is 0 Å². The van der Waals surface area contributed by atoms with Gasteiger partial charge in [-0.1, -0.05) is 33.6 Å². The first kappa shape index (κ1) is 14.2. The smallest absolute Gasteiger partial charge is 0.0393 e. The zero-order valence-corrected chi connectivity index (χ0v) is 11.8. The van der Waals surface area contributed by atoms with Crippen LogP contribution >= 0.6 is 0 Å². The first-order chi connectivity index (χ1) is 7.63. The van der Waals surface area contributed by atoms with Crippen LogP contribution in [0.3, 0.4) is 0 Å². The minimum atomic E-state index is -0.683. The highest BCUT2D eigenvalue weighted by Crippen LogP contribution is 2.34. The molecule has 5 unspecified atom stereocenters. The summed E-state index contributed by atoms with van der Waals surface area (Å²) in [7, 11) is -0.683. The van der Waals surface area contributed by atoms with E-state index in [1.54, 1.807) is 0 Å². The Morgan fingerprint density at radius 1 is 1.38 bits per heavy atom. The Balaban J connectivity index is 2.67. The number of hydrogen-bond donors (Lipinski definition) is 1. The normalized spacial score (nSPS) is 34.6. The van der Waals surface area contributed by atoms with Crippen LogP contribution in [0.5, 0.6) is 0 Å². The van der Waals surface area contributed by atoms with Crippen LogP contribution in [0.25, 0.3) is 0 Å². The molecule has 2 nitrogen and oxygen atoms in total. The molecule has 3 heteroatoms. The molecule has 5 atom stereocenters. The van der Waals surface area contributed by atoms with Crippen molar-refractivity contribution < 1.29 is 4.21 Å². The van der Waals surface area contributed by atoms with E-state index in [4.69, 9.17) is 5.73 Å². The van der Waals surface area contributed by atoms with Crippen molar-refractivity contribution in [2.75, 3.05) is 6.54 Å². The van der Waals surface area contributed by atoms with Gasteiger partial charge in [-0.3, -0.25) is 4.21 Å². The predicted octanol–water partition coefficient (Wildman–Crippen LogP) is 2.69. The van der Waals surface area contributed by atoms with Crippen molar-refractivity contribution in [3.8, 4) is 0 Å². The summed E-state index contributed by atoms with van der Waals surface area (Å²) in [5, 5.41) is 0.688. The SMILES string of the molecule is CCC1CCC(CN)C(S(=O)C(C)CC)C1. The van der Waals surface area contributed by atoms with Crippen molar-refractivity contribution >= 4 is 10.8 Å². The van der Waals surface area contributed by atoms with Gasteiger partial charge in [-0.05, 0) is 37.6 Å². The Morgan fingerprint density at radius 2 is 2.06 bits per heavy atom. The molecule has 2 N–H and O–H groups in total. The highest BCUT2D eigenvalue weighted by atomic mass is 32.2. The van der Waals surface area contributed by atoms with Crippen LogP contribution in [0.1, 0.15) is 52.9 Å². The summed E-state index contributed by atoms with van der Waals surface area (Å²) in [5.74, 6) is 1.28. The van der Waals surface area contributed by atoms with Gasteiger partial charge >= 0.3 is 0 Å². The zero-order valence-electron chi connectivity index (χ0n) is 10.9. The molecule has 0 radical (unpaired) electrons. The van der Waals surface area contributed by atoms with Crippen LogP contribution in [0.2, 0.25) is 0 Å². The van der Waals surface area contributed by atoms with Gasteiger partial charge in [0, 0.05) is 21.3 Å². The van der Waals surface area contributed by atoms with E-state index in [9.17, 15) is 4.21 Å². The molecule has 0 spiro atoms. The monoisotopic (exact) mass is 245 g/mol. The molecule has 0 aliphatic heterocycles. The molecule has 0 aromatic heterocycles. The van der Waals surface area contributed by atoms with Crippen molar-refractivity contribution in [3.05, 3.63) is 0 Å². The maximum absolute atomic E-state index is 12.4. The average molecular weight is 245 g/mol. The van der Waals surface area contributed by atoms with Crippen LogP contribution in [0.15, 0.2) is 0 Å². The van der Waals surface area contributed by atoms with Crippen molar-refractivity contribution in [3.63, 3.8) is 0 Å². The summed E-state index contributed by atoms with van der Waals surface area (Å²) in [5.41, 5.74) is 5.83. The van der Waals surface area contributed by atoms with E-state index in [0.717, 1.165) is 18.8 Å². The number of nitrogens with two attached hydrogens (primary N) is 1. The lowest BCUT2D eigenvalue weighted by atomic mass is 9.80. The standard InChI is InChI=1S/C13H27NOS/c1-4-10(3)16(15)13-8-11(5-2)6-7-12(13)9-14/h10-13H,4-9,14H2,1-3H3. The maximum atomic E-state index is 12.4. The first-order valence-corrected chi connectivity index (χ1v) is 8.01. The van der Waals surface area contributed by atoms with Gasteiger partial charge in [-0.15, -0.1) is 0 Å². The van der Waals surface area contributed by atoms with Crippen LogP contribution in [-0.2, 0) is 10.8 Å². The molecule has 0 amide bonds. The molecular weight excluding hydrogens is 218 g/mol. The molecule has 16 heavy (non-hydrogen) atoms. The molecule has 1 rings (SSSR count). The van der Waals surface area contributed by atoms with Crippen molar-refractivity contribution in [1.82, 2.24) is 0 Å². The fourth-order valence-electron chi connectivity index (χ4n) is 2.66. The molecule has 1 saturated carbocycles. The molecule has 1 aliphatic rings. The van der Waals surface area contributed by atoms with Crippen molar-refractivity contribution in [2.24, 2.45) is 17.6 Å². The van der Waals surface area contributed by atoms with E-state index in [-0.39, 0.29) is 0 Å². The molecule has 1 fully saturated rings. The minimum Gasteiger partial charge on any atom is -0.330 e. The third-order valence-corrected chi connectivity index (χ3v) is 6.49. The largest absolute Gasteiger partial charge is 0.330 e. The van der Waals surface area contributed by atoms with Crippen LogP contribution in [0, 0.1) is 11.8 Å². The molecule has 0 aromatic rings. The van der Waals surface area contributed by atoms with Gasteiger partial charge in [-0.2, -0.15) is 0 Å². The molecule has 0 aromatic carbocycles. The van der Waals surface area contributed by atoms with Crippen LogP contribution in [0.4, 0.5) is 0 Å². The quantitative estimate of drug-likeness (QED) is 0.809. The van der Waals surface area contributed by atoms with E-state index < -0.39 is 10.8 Å². The lowest BCUT2D eigenvalue weighted by Crippen LogP contribution is -2.39. The molecule has 0 bridgehead atoms. The summed E-state index contributed by atoms with van der Waals surface area (Å²) in [6, 6.07) is 0. The summed E-state index contributed by atoms with van der Waals surface area (Å²) < 4.78 is 12.4. The minimum absolute atomic E-state index is 0.328. The zero-order chi connectivity index (χ0) is 12.1. The Kier molecular flexibility index (Phi) is 5.98.